The number of carbonyl (C=O) groups excluding carboxylic acids is 1. The van der Waals surface area contributed by atoms with E-state index in [0.717, 1.165) is 0 Å². The van der Waals surface area contributed by atoms with E-state index in [0.29, 0.717) is 12.2 Å². The molecular formula is C15H16N2O5S. The van der Waals surface area contributed by atoms with E-state index in [4.69, 9.17) is 4.74 Å². The van der Waals surface area contributed by atoms with Gasteiger partial charge in [0.05, 0.1) is 42.0 Å². The van der Waals surface area contributed by atoms with E-state index in [-0.39, 0.29) is 34.4 Å². The van der Waals surface area contributed by atoms with Gasteiger partial charge >= 0.3 is 0 Å². The van der Waals surface area contributed by atoms with Crippen LogP contribution >= 0.6 is 0 Å². The quantitative estimate of drug-likeness (QED) is 0.842. The first-order valence-electron chi connectivity index (χ1n) is 7.06. The molecule has 122 valence electrons. The van der Waals surface area contributed by atoms with E-state index in [1.165, 1.54) is 36.3 Å². The van der Waals surface area contributed by atoms with Gasteiger partial charge in [-0.1, -0.05) is 0 Å². The lowest BCUT2D eigenvalue weighted by molar-refractivity contribution is 0.103. The molecule has 1 N–H and O–H groups in total. The van der Waals surface area contributed by atoms with Crippen molar-refractivity contribution in [2.45, 2.75) is 12.5 Å². The van der Waals surface area contributed by atoms with Gasteiger partial charge in [-0.2, -0.15) is 5.10 Å². The molecule has 0 radical (unpaired) electrons. The number of phenolic OH excluding ortho intramolecular Hbond substituents is 1. The number of hydrogen-bond acceptors (Lipinski definition) is 6. The highest BCUT2D eigenvalue weighted by Crippen LogP contribution is 2.27. The number of aromatic nitrogens is 2. The zero-order chi connectivity index (χ0) is 16.6. The SMILES string of the molecule is COc1ccc(O)c(C(=O)c2cnn(C3CCS(=O)(=O)C3)c2)c1. The van der Waals surface area contributed by atoms with Crippen LogP contribution in [0, 0.1) is 0 Å². The number of ketones is 1. The number of benzene rings is 1. The molecule has 23 heavy (non-hydrogen) atoms. The lowest BCUT2D eigenvalue weighted by Crippen LogP contribution is -2.11. The van der Waals surface area contributed by atoms with Crippen molar-refractivity contribution in [3.8, 4) is 11.5 Å². The van der Waals surface area contributed by atoms with E-state index < -0.39 is 15.6 Å². The van der Waals surface area contributed by atoms with Crippen molar-refractivity contribution in [2.24, 2.45) is 0 Å². The van der Waals surface area contributed by atoms with Crippen LogP contribution < -0.4 is 4.74 Å². The van der Waals surface area contributed by atoms with Crippen molar-refractivity contribution in [2.75, 3.05) is 18.6 Å². The summed E-state index contributed by atoms with van der Waals surface area (Å²) in [4.78, 5) is 12.5. The highest BCUT2D eigenvalue weighted by atomic mass is 32.2. The van der Waals surface area contributed by atoms with E-state index in [1.54, 1.807) is 6.07 Å². The summed E-state index contributed by atoms with van der Waals surface area (Å²) in [7, 11) is -1.55. The Hall–Kier alpha value is -2.35. The summed E-state index contributed by atoms with van der Waals surface area (Å²) >= 11 is 0. The first kappa shape index (κ1) is 15.5. The van der Waals surface area contributed by atoms with Gasteiger partial charge in [-0.25, -0.2) is 8.42 Å². The maximum Gasteiger partial charge on any atom is 0.200 e. The van der Waals surface area contributed by atoms with Gasteiger partial charge in [0.25, 0.3) is 0 Å². The minimum atomic E-state index is -3.02. The zero-order valence-corrected chi connectivity index (χ0v) is 13.3. The number of nitrogens with zero attached hydrogens (tertiary/aromatic N) is 2. The predicted molar refractivity (Wildman–Crippen MR) is 82.6 cm³/mol. The van der Waals surface area contributed by atoms with Gasteiger partial charge in [0.1, 0.15) is 11.5 Å². The molecule has 1 aliphatic heterocycles. The maximum absolute atomic E-state index is 12.5. The largest absolute Gasteiger partial charge is 0.507 e. The maximum atomic E-state index is 12.5. The molecule has 2 aromatic rings. The van der Waals surface area contributed by atoms with E-state index in [1.807, 2.05) is 0 Å². The fraction of sp³-hybridized carbons (Fsp3) is 0.333. The van der Waals surface area contributed by atoms with Crippen LogP contribution in [0.4, 0.5) is 0 Å². The Labute approximate surface area is 133 Å². The Morgan fingerprint density at radius 3 is 2.87 bits per heavy atom. The molecule has 1 saturated heterocycles. The molecule has 3 rings (SSSR count). The Kier molecular flexibility index (Phi) is 3.85. The van der Waals surface area contributed by atoms with Crippen LogP contribution in [-0.2, 0) is 9.84 Å². The molecule has 1 aromatic heterocycles. The molecule has 0 aliphatic carbocycles. The van der Waals surface area contributed by atoms with E-state index >= 15 is 0 Å². The molecule has 0 amide bonds. The number of methoxy groups -OCH3 is 1. The van der Waals surface area contributed by atoms with Crippen molar-refractivity contribution in [1.29, 1.82) is 0 Å². The van der Waals surface area contributed by atoms with Crippen LogP contribution in [0.3, 0.4) is 0 Å². The van der Waals surface area contributed by atoms with Crippen LogP contribution in [0.25, 0.3) is 0 Å². The summed E-state index contributed by atoms with van der Waals surface area (Å²) in [6, 6.07) is 4.15. The molecule has 8 heteroatoms. The number of ether oxygens (including phenoxy) is 1. The van der Waals surface area contributed by atoms with Gasteiger partial charge in [-0.05, 0) is 24.6 Å². The van der Waals surface area contributed by atoms with Gasteiger partial charge in [-0.3, -0.25) is 9.48 Å². The third-order valence-electron chi connectivity index (χ3n) is 3.89. The Morgan fingerprint density at radius 2 is 2.22 bits per heavy atom. The molecule has 0 saturated carbocycles. The minimum Gasteiger partial charge on any atom is -0.507 e. The monoisotopic (exact) mass is 336 g/mol. The van der Waals surface area contributed by atoms with Crippen LogP contribution in [0.1, 0.15) is 28.4 Å². The molecule has 0 bridgehead atoms. The summed E-state index contributed by atoms with van der Waals surface area (Å²) in [5.41, 5.74) is 0.404. The van der Waals surface area contributed by atoms with Crippen molar-refractivity contribution in [3.05, 3.63) is 41.7 Å². The summed E-state index contributed by atoms with van der Waals surface area (Å²) in [5, 5.41) is 14.0. The van der Waals surface area contributed by atoms with Crippen molar-refractivity contribution in [1.82, 2.24) is 9.78 Å². The molecule has 1 aromatic carbocycles. The lowest BCUT2D eigenvalue weighted by Gasteiger charge is -2.07. The molecule has 1 aliphatic rings. The standard InChI is InChI=1S/C15H16N2O5S/c1-22-12-2-3-14(18)13(6-12)15(19)10-7-16-17(8-10)11-4-5-23(20,21)9-11/h2-3,6-8,11,18H,4-5,9H2,1H3. The van der Waals surface area contributed by atoms with Gasteiger partial charge in [0, 0.05) is 6.20 Å². The van der Waals surface area contributed by atoms with Gasteiger partial charge in [-0.15, -0.1) is 0 Å². The average Bonchev–Trinajstić information content (AvgIpc) is 3.13. The molecule has 2 heterocycles. The molecule has 1 fully saturated rings. The zero-order valence-electron chi connectivity index (χ0n) is 12.5. The topological polar surface area (TPSA) is 98.5 Å². The summed E-state index contributed by atoms with van der Waals surface area (Å²) < 4.78 is 29.6. The second-order valence-electron chi connectivity index (χ2n) is 5.48. The third-order valence-corrected chi connectivity index (χ3v) is 5.64. The molecule has 7 nitrogen and oxygen atoms in total. The second-order valence-corrected chi connectivity index (χ2v) is 7.71. The number of aromatic hydroxyl groups is 1. The number of carbonyl (C=O) groups is 1. The first-order valence-corrected chi connectivity index (χ1v) is 8.88. The number of rotatable bonds is 4. The highest BCUT2D eigenvalue weighted by molar-refractivity contribution is 7.91. The van der Waals surface area contributed by atoms with Crippen LogP contribution in [0.15, 0.2) is 30.6 Å². The smallest absolute Gasteiger partial charge is 0.200 e. The Balaban J connectivity index is 1.87. The molecular weight excluding hydrogens is 320 g/mol. The van der Waals surface area contributed by atoms with Gasteiger partial charge in [0.15, 0.2) is 15.6 Å². The lowest BCUT2D eigenvalue weighted by atomic mass is 10.1. The van der Waals surface area contributed by atoms with Crippen LogP contribution in [0.2, 0.25) is 0 Å². The molecule has 1 atom stereocenters. The second kappa shape index (κ2) is 5.69. The van der Waals surface area contributed by atoms with Gasteiger partial charge < -0.3 is 9.84 Å². The summed E-state index contributed by atoms with van der Waals surface area (Å²) in [6.45, 7) is 0. The third kappa shape index (κ3) is 3.07. The van der Waals surface area contributed by atoms with Crippen molar-refractivity contribution < 1.29 is 23.1 Å². The fourth-order valence-electron chi connectivity index (χ4n) is 2.62. The van der Waals surface area contributed by atoms with Gasteiger partial charge in [0.2, 0.25) is 0 Å². The Bertz CT molecular complexity index is 857. The fourth-order valence-corrected chi connectivity index (χ4v) is 4.32. The summed E-state index contributed by atoms with van der Waals surface area (Å²) in [6.07, 6.45) is 3.39. The predicted octanol–water partition coefficient (Wildman–Crippen LogP) is 1.19. The molecule has 0 spiro atoms. The Morgan fingerprint density at radius 1 is 1.43 bits per heavy atom. The van der Waals surface area contributed by atoms with Crippen molar-refractivity contribution >= 4 is 15.6 Å². The summed E-state index contributed by atoms with van der Waals surface area (Å²) in [5.74, 6) is 0.0884. The highest BCUT2D eigenvalue weighted by Gasteiger charge is 2.30. The van der Waals surface area contributed by atoms with Crippen LogP contribution in [-0.4, -0.2) is 47.7 Å². The van der Waals surface area contributed by atoms with E-state index in [2.05, 4.69) is 5.10 Å². The number of sulfone groups is 1. The van der Waals surface area contributed by atoms with E-state index in [9.17, 15) is 18.3 Å². The average molecular weight is 336 g/mol. The number of phenols is 1. The first-order chi connectivity index (χ1) is 10.9. The minimum absolute atomic E-state index is 0.0344. The van der Waals surface area contributed by atoms with Crippen LogP contribution in [0.5, 0.6) is 11.5 Å². The molecule has 1 unspecified atom stereocenters. The number of hydrogen-bond donors (Lipinski definition) is 1. The normalized spacial score (nSPS) is 19.6. The van der Waals surface area contributed by atoms with Crippen molar-refractivity contribution in [3.63, 3.8) is 0 Å².